The highest BCUT2D eigenvalue weighted by Gasteiger charge is 2.23. The molecule has 23 heavy (non-hydrogen) atoms. The van der Waals surface area contributed by atoms with E-state index in [1.807, 2.05) is 4.90 Å². The third-order valence-corrected chi connectivity index (χ3v) is 5.39. The molecule has 1 heterocycles. The molecule has 2 atom stereocenters. The SMILES string of the molecule is CC(=O)N1CCN(Cc2ccc(N[C@H]3CCC[C@H]3C)cc2)CC1. The van der Waals surface area contributed by atoms with E-state index in [0.29, 0.717) is 6.04 Å². The van der Waals surface area contributed by atoms with Gasteiger partial charge in [0.2, 0.25) is 5.91 Å². The molecule has 3 rings (SSSR count). The second-order valence-electron chi connectivity index (χ2n) is 7.14. The Hall–Kier alpha value is -1.55. The van der Waals surface area contributed by atoms with E-state index >= 15 is 0 Å². The second-order valence-corrected chi connectivity index (χ2v) is 7.14. The Morgan fingerprint density at radius 2 is 1.83 bits per heavy atom. The second kappa shape index (κ2) is 7.35. The lowest BCUT2D eigenvalue weighted by Gasteiger charge is -2.34. The fourth-order valence-electron chi connectivity index (χ4n) is 3.76. The van der Waals surface area contributed by atoms with Crippen molar-refractivity contribution < 1.29 is 4.79 Å². The molecule has 1 amide bonds. The van der Waals surface area contributed by atoms with Crippen LogP contribution in [-0.2, 0) is 11.3 Å². The van der Waals surface area contributed by atoms with E-state index in [-0.39, 0.29) is 5.91 Å². The molecule has 0 bridgehead atoms. The normalized spacial score (nSPS) is 25.6. The largest absolute Gasteiger partial charge is 0.382 e. The van der Waals surface area contributed by atoms with Gasteiger partial charge in [0.1, 0.15) is 0 Å². The Morgan fingerprint density at radius 1 is 1.13 bits per heavy atom. The zero-order valence-electron chi connectivity index (χ0n) is 14.4. The van der Waals surface area contributed by atoms with Crippen molar-refractivity contribution in [3.63, 3.8) is 0 Å². The lowest BCUT2D eigenvalue weighted by atomic mass is 10.1. The summed E-state index contributed by atoms with van der Waals surface area (Å²) in [5, 5.41) is 3.68. The topological polar surface area (TPSA) is 35.6 Å². The number of piperazine rings is 1. The maximum Gasteiger partial charge on any atom is 0.219 e. The number of anilines is 1. The summed E-state index contributed by atoms with van der Waals surface area (Å²) in [4.78, 5) is 15.7. The summed E-state index contributed by atoms with van der Waals surface area (Å²) in [6.07, 6.45) is 3.99. The van der Waals surface area contributed by atoms with Crippen LogP contribution in [0.25, 0.3) is 0 Å². The number of nitrogens with one attached hydrogen (secondary N) is 1. The van der Waals surface area contributed by atoms with E-state index in [9.17, 15) is 4.79 Å². The molecule has 2 fully saturated rings. The van der Waals surface area contributed by atoms with Crippen molar-refractivity contribution >= 4 is 11.6 Å². The number of carbonyl (C=O) groups is 1. The van der Waals surface area contributed by atoms with Crippen molar-refractivity contribution in [1.82, 2.24) is 9.80 Å². The van der Waals surface area contributed by atoms with E-state index in [1.165, 1.54) is 30.5 Å². The highest BCUT2D eigenvalue weighted by atomic mass is 16.2. The van der Waals surface area contributed by atoms with Crippen molar-refractivity contribution in [2.24, 2.45) is 5.92 Å². The van der Waals surface area contributed by atoms with E-state index in [4.69, 9.17) is 0 Å². The molecule has 1 aromatic carbocycles. The van der Waals surface area contributed by atoms with E-state index in [0.717, 1.165) is 38.6 Å². The molecule has 2 aliphatic rings. The molecule has 1 N–H and O–H groups in total. The molecule has 126 valence electrons. The Balaban J connectivity index is 1.49. The van der Waals surface area contributed by atoms with Crippen molar-refractivity contribution in [3.8, 4) is 0 Å². The fraction of sp³-hybridized carbons (Fsp3) is 0.632. The van der Waals surface area contributed by atoms with Crippen molar-refractivity contribution in [3.05, 3.63) is 29.8 Å². The molecular weight excluding hydrogens is 286 g/mol. The van der Waals surface area contributed by atoms with E-state index in [1.54, 1.807) is 6.92 Å². The minimum atomic E-state index is 0.196. The van der Waals surface area contributed by atoms with Crippen LogP contribution in [0.15, 0.2) is 24.3 Å². The molecule has 0 aromatic heterocycles. The van der Waals surface area contributed by atoms with Crippen LogP contribution >= 0.6 is 0 Å². The Bertz CT molecular complexity index is 520. The maximum atomic E-state index is 11.4. The number of benzene rings is 1. The van der Waals surface area contributed by atoms with Crippen LogP contribution in [0.5, 0.6) is 0 Å². The van der Waals surface area contributed by atoms with Gasteiger partial charge in [0.15, 0.2) is 0 Å². The van der Waals surface area contributed by atoms with Crippen LogP contribution in [0.3, 0.4) is 0 Å². The third kappa shape index (κ3) is 4.25. The van der Waals surface area contributed by atoms with Gasteiger partial charge in [-0.15, -0.1) is 0 Å². The van der Waals surface area contributed by atoms with Gasteiger partial charge in [-0.3, -0.25) is 9.69 Å². The van der Waals surface area contributed by atoms with Crippen molar-refractivity contribution in [2.45, 2.75) is 45.7 Å². The molecule has 1 aromatic rings. The summed E-state index contributed by atoms with van der Waals surface area (Å²) in [5.74, 6) is 0.980. The highest BCUT2D eigenvalue weighted by Crippen LogP contribution is 2.28. The minimum Gasteiger partial charge on any atom is -0.382 e. The van der Waals surface area contributed by atoms with Gasteiger partial charge in [-0.25, -0.2) is 0 Å². The van der Waals surface area contributed by atoms with Crippen LogP contribution in [0.4, 0.5) is 5.69 Å². The number of hydrogen-bond donors (Lipinski definition) is 1. The van der Waals surface area contributed by atoms with Crippen LogP contribution < -0.4 is 5.32 Å². The summed E-state index contributed by atoms with van der Waals surface area (Å²) < 4.78 is 0. The van der Waals surface area contributed by atoms with Gasteiger partial charge in [-0.2, -0.15) is 0 Å². The first-order valence-electron chi connectivity index (χ1n) is 8.95. The standard InChI is InChI=1S/C19H29N3O/c1-15-4-3-5-19(15)20-18-8-6-17(7-9-18)14-21-10-12-22(13-11-21)16(2)23/h6-9,15,19-20H,3-5,10-14H2,1-2H3/t15-,19+/m1/s1. The summed E-state index contributed by atoms with van der Waals surface area (Å²) in [6.45, 7) is 8.64. The zero-order valence-corrected chi connectivity index (χ0v) is 14.4. The lowest BCUT2D eigenvalue weighted by molar-refractivity contribution is -0.130. The average Bonchev–Trinajstić information content (AvgIpc) is 2.95. The molecule has 4 heteroatoms. The Kier molecular flexibility index (Phi) is 5.21. The predicted molar refractivity (Wildman–Crippen MR) is 94.4 cm³/mol. The molecule has 1 aliphatic heterocycles. The van der Waals surface area contributed by atoms with Gasteiger partial charge in [0.25, 0.3) is 0 Å². The van der Waals surface area contributed by atoms with Crippen molar-refractivity contribution in [2.75, 3.05) is 31.5 Å². The molecule has 0 unspecified atom stereocenters. The number of nitrogens with zero attached hydrogens (tertiary/aromatic N) is 2. The number of amides is 1. The third-order valence-electron chi connectivity index (χ3n) is 5.39. The molecule has 1 saturated heterocycles. The van der Waals surface area contributed by atoms with Gasteiger partial charge in [-0.05, 0) is 36.5 Å². The van der Waals surface area contributed by atoms with Crippen LogP contribution in [0, 0.1) is 5.92 Å². The Labute approximate surface area is 139 Å². The quantitative estimate of drug-likeness (QED) is 0.928. The summed E-state index contributed by atoms with van der Waals surface area (Å²) in [7, 11) is 0. The van der Waals surface area contributed by atoms with Gasteiger partial charge < -0.3 is 10.2 Å². The molecular formula is C19H29N3O. The van der Waals surface area contributed by atoms with Crippen LogP contribution in [-0.4, -0.2) is 47.9 Å². The smallest absolute Gasteiger partial charge is 0.219 e. The van der Waals surface area contributed by atoms with Crippen molar-refractivity contribution in [1.29, 1.82) is 0 Å². The molecule has 0 spiro atoms. The number of rotatable bonds is 4. The fourth-order valence-corrected chi connectivity index (χ4v) is 3.76. The van der Waals surface area contributed by atoms with E-state index in [2.05, 4.69) is 41.4 Å². The first kappa shape index (κ1) is 16.3. The lowest BCUT2D eigenvalue weighted by Crippen LogP contribution is -2.47. The molecule has 4 nitrogen and oxygen atoms in total. The van der Waals surface area contributed by atoms with Gasteiger partial charge in [0, 0.05) is 51.4 Å². The van der Waals surface area contributed by atoms with E-state index < -0.39 is 0 Å². The van der Waals surface area contributed by atoms with Gasteiger partial charge >= 0.3 is 0 Å². The summed E-state index contributed by atoms with van der Waals surface area (Å²) >= 11 is 0. The van der Waals surface area contributed by atoms with Crippen LogP contribution in [0.1, 0.15) is 38.7 Å². The first-order valence-corrected chi connectivity index (χ1v) is 8.95. The van der Waals surface area contributed by atoms with Gasteiger partial charge in [0.05, 0.1) is 0 Å². The van der Waals surface area contributed by atoms with Gasteiger partial charge in [-0.1, -0.05) is 25.5 Å². The summed E-state index contributed by atoms with van der Waals surface area (Å²) in [5.41, 5.74) is 2.60. The zero-order chi connectivity index (χ0) is 16.2. The molecule has 1 saturated carbocycles. The number of hydrogen-bond acceptors (Lipinski definition) is 3. The maximum absolute atomic E-state index is 11.4. The number of carbonyl (C=O) groups excluding carboxylic acids is 1. The molecule has 1 aliphatic carbocycles. The highest BCUT2D eigenvalue weighted by molar-refractivity contribution is 5.73. The Morgan fingerprint density at radius 3 is 2.39 bits per heavy atom. The first-order chi connectivity index (χ1) is 11.1. The minimum absolute atomic E-state index is 0.196. The monoisotopic (exact) mass is 315 g/mol. The average molecular weight is 315 g/mol. The summed E-state index contributed by atoms with van der Waals surface area (Å²) in [6, 6.07) is 9.54. The molecule has 0 radical (unpaired) electrons. The predicted octanol–water partition coefficient (Wildman–Crippen LogP) is 2.95. The van der Waals surface area contributed by atoms with Crippen LogP contribution in [0.2, 0.25) is 0 Å².